The van der Waals surface area contributed by atoms with Crippen molar-refractivity contribution in [1.29, 1.82) is 0 Å². The molecular formula is C89H97ClN18O9. The van der Waals surface area contributed by atoms with Crippen molar-refractivity contribution in [2.45, 2.75) is 146 Å². The Bertz CT molecular complexity index is 5340. The van der Waals surface area contributed by atoms with Crippen LogP contribution in [-0.2, 0) is 28.7 Å². The van der Waals surface area contributed by atoms with Gasteiger partial charge >= 0.3 is 6.09 Å². The summed E-state index contributed by atoms with van der Waals surface area (Å²) in [5.74, 6) is 6.30. The molecule has 7 aliphatic rings. The second-order valence-corrected chi connectivity index (χ2v) is 32.0. The van der Waals surface area contributed by atoms with Crippen LogP contribution in [0.4, 0.5) is 34.3 Å². The molecule has 28 heteroatoms. The molecule has 0 spiro atoms. The van der Waals surface area contributed by atoms with Crippen LogP contribution >= 0.6 is 11.6 Å². The number of rotatable bonds is 17. The van der Waals surface area contributed by atoms with E-state index in [1.54, 1.807) is 42.9 Å². The number of hydrogen-bond donors (Lipinski definition) is 2. The topological polar surface area (TPSA) is 287 Å². The van der Waals surface area contributed by atoms with Crippen molar-refractivity contribution in [3.05, 3.63) is 222 Å². The molecule has 7 unspecified atom stereocenters. The summed E-state index contributed by atoms with van der Waals surface area (Å²) in [5.41, 5.74) is 8.84. The number of phenolic OH excluding ortho intramolecular Hbond substituents is 2. The molecule has 1 amide bonds. The molecule has 19 rings (SSSR count). The van der Waals surface area contributed by atoms with Crippen molar-refractivity contribution < 1.29 is 43.4 Å². The molecule has 13 heterocycles. The molecule has 6 bridgehead atoms. The molecule has 7 fully saturated rings. The Morgan fingerprint density at radius 2 is 0.829 bits per heavy atom. The lowest BCUT2D eigenvalue weighted by molar-refractivity contribution is -0.0558. The van der Waals surface area contributed by atoms with E-state index in [2.05, 4.69) is 138 Å². The quantitative estimate of drug-likeness (QED) is 0.0801. The predicted molar refractivity (Wildman–Crippen MR) is 450 cm³/mol. The summed E-state index contributed by atoms with van der Waals surface area (Å²) >= 11 is 5.82. The highest BCUT2D eigenvalue weighted by Crippen LogP contribution is 2.43. The normalized spacial score (nSPS) is 19.9. The number of halogens is 1. The first-order valence-electron chi connectivity index (χ1n) is 40.2. The van der Waals surface area contributed by atoms with Crippen molar-refractivity contribution in [3.8, 4) is 34.5 Å². The van der Waals surface area contributed by atoms with E-state index in [4.69, 9.17) is 64.9 Å². The summed E-state index contributed by atoms with van der Waals surface area (Å²) in [6.07, 6.45) is 29.3. The average Bonchev–Trinajstić information content (AvgIpc) is 1.40. The van der Waals surface area contributed by atoms with Gasteiger partial charge in [-0.05, 0) is 130 Å². The Kier molecular flexibility index (Phi) is 23.9. The van der Waals surface area contributed by atoms with Gasteiger partial charge in [-0.15, -0.1) is 0 Å². The van der Waals surface area contributed by atoms with E-state index >= 15 is 0 Å². The smallest absolute Gasteiger partial charge is 0.410 e. The summed E-state index contributed by atoms with van der Waals surface area (Å²) in [7, 11) is 4.63. The summed E-state index contributed by atoms with van der Waals surface area (Å²) in [5, 5.41) is 22.5. The molecule has 6 aromatic carbocycles. The molecule has 12 aromatic rings. The Hall–Kier alpha value is -12.1. The lowest BCUT2D eigenvalue weighted by Gasteiger charge is -2.41. The van der Waals surface area contributed by atoms with Crippen molar-refractivity contribution in [3.63, 3.8) is 0 Å². The monoisotopic (exact) mass is 1600 g/mol. The third-order valence-electron chi connectivity index (χ3n) is 22.7. The Morgan fingerprint density at radius 1 is 0.444 bits per heavy atom. The number of methoxy groups -OCH3 is 3. The van der Waals surface area contributed by atoms with Gasteiger partial charge in [-0.2, -0.15) is 0 Å². The van der Waals surface area contributed by atoms with Crippen LogP contribution in [0.5, 0.6) is 34.5 Å². The highest BCUT2D eigenvalue weighted by atomic mass is 35.5. The molecule has 117 heavy (non-hydrogen) atoms. The zero-order valence-electron chi connectivity index (χ0n) is 66.7. The largest absolute Gasteiger partial charge is 0.504 e. The van der Waals surface area contributed by atoms with Crippen LogP contribution in [0, 0.1) is 0 Å². The van der Waals surface area contributed by atoms with Crippen molar-refractivity contribution >= 4 is 79.9 Å². The number of carbonyl (C=O) groups excluding carboxylic acids is 1. The number of anilines is 5. The number of carbonyl (C=O) groups is 1. The van der Waals surface area contributed by atoms with Gasteiger partial charge in [0.2, 0.25) is 17.8 Å². The highest BCUT2D eigenvalue weighted by molar-refractivity contribution is 6.34. The fourth-order valence-electron chi connectivity index (χ4n) is 17.2. The van der Waals surface area contributed by atoms with Crippen LogP contribution in [0.3, 0.4) is 0 Å². The number of fused-ring (bicyclic) bond motifs is 9. The molecule has 2 N–H and O–H groups in total. The average molecular weight is 1600 g/mol. The van der Waals surface area contributed by atoms with Gasteiger partial charge < -0.3 is 68.0 Å². The minimum absolute atomic E-state index is 0.0247. The van der Waals surface area contributed by atoms with Gasteiger partial charge in [-0.25, -0.2) is 64.6 Å². The first-order chi connectivity index (χ1) is 57.0. The first-order valence-corrected chi connectivity index (χ1v) is 40.6. The third-order valence-corrected chi connectivity index (χ3v) is 23.0. The number of benzene rings is 6. The number of amides is 1. The number of ether oxygens (including phenoxy) is 6. The van der Waals surface area contributed by atoms with E-state index in [-0.39, 0.29) is 42.4 Å². The maximum absolute atomic E-state index is 12.7. The number of nitrogens with zero attached hydrogens (tertiary/aromatic N) is 18. The number of phenols is 2. The standard InChI is InChI=1S/C36H43N7O5.C26H26N6O2.C18H21N3.C9H7ClN2O2/c1-36(2,3)48-35(44)41-12-13-46-28(21-41)22-47-32-15-29-30(16-31(32)45-4)39-23-40-33(29)42-19-26-10-11-27(20-42)43(26)34-37-17-25(18-38-34)14-24-8-6-5-7-9-24;1-34-24-11-22-21(10-23(24)33)25(30-16-29-22)31-14-19-7-8-20(15-31)32(19)26-27-12-18(13-28-26)9-17-5-3-2-4-6-17;1-2-5-14(6-3-1)11-15-12-19-18(20-13-15)21-16-7-4-8-17(21)10-9-16;1-14-8-3-6-5(2-7(8)13)9(10)12-4-11-6/h5-9,15-18,23,26-28H,10-14,19-22H2,1-4H3;2-6,10-13,16,19-20,33H,7-9,14-15H2,1H3;1-3,5-6,12-13,16-17H,4,7-11H2;2-4,13H,1H3. The molecule has 7 atom stereocenters. The van der Waals surface area contributed by atoms with E-state index in [1.807, 2.05) is 82.2 Å². The van der Waals surface area contributed by atoms with Gasteiger partial charge in [-0.3, -0.25) is 0 Å². The van der Waals surface area contributed by atoms with Gasteiger partial charge in [-0.1, -0.05) is 103 Å². The molecule has 7 saturated heterocycles. The highest BCUT2D eigenvalue weighted by Gasteiger charge is 2.44. The zero-order valence-corrected chi connectivity index (χ0v) is 67.4. The van der Waals surface area contributed by atoms with Crippen molar-refractivity contribution in [2.24, 2.45) is 0 Å². The van der Waals surface area contributed by atoms with Gasteiger partial charge in [0.1, 0.15) is 54.1 Å². The minimum atomic E-state index is -0.562. The number of aromatic hydroxyl groups is 2. The molecule has 27 nitrogen and oxygen atoms in total. The number of morpholine rings is 1. The van der Waals surface area contributed by atoms with E-state index in [0.29, 0.717) is 82.9 Å². The number of piperazine rings is 2. The Labute approximate surface area is 685 Å². The van der Waals surface area contributed by atoms with Crippen LogP contribution < -0.4 is 43.4 Å². The van der Waals surface area contributed by atoms with Crippen molar-refractivity contribution in [2.75, 3.05) is 98.3 Å². The molecule has 0 aliphatic carbocycles. The second-order valence-electron chi connectivity index (χ2n) is 31.7. The molecule has 6 aromatic heterocycles. The number of aromatic nitrogens is 12. The molecule has 0 radical (unpaired) electrons. The van der Waals surface area contributed by atoms with Gasteiger partial charge in [0, 0.05) is 160 Å². The molecular weight excluding hydrogens is 1500 g/mol. The molecule has 0 saturated carbocycles. The lowest BCUT2D eigenvalue weighted by Crippen LogP contribution is -2.54. The van der Waals surface area contributed by atoms with E-state index < -0.39 is 5.60 Å². The number of piperidine rings is 1. The predicted octanol–water partition coefficient (Wildman–Crippen LogP) is 14.1. The maximum Gasteiger partial charge on any atom is 0.410 e. The lowest BCUT2D eigenvalue weighted by atomic mass is 10.0. The van der Waals surface area contributed by atoms with Crippen LogP contribution in [-0.4, -0.2) is 203 Å². The van der Waals surface area contributed by atoms with Crippen LogP contribution in [0.25, 0.3) is 32.7 Å². The van der Waals surface area contributed by atoms with Crippen molar-refractivity contribution in [1.82, 2.24) is 64.7 Å². The second kappa shape index (κ2) is 35.6. The van der Waals surface area contributed by atoms with E-state index in [9.17, 15) is 15.0 Å². The summed E-state index contributed by atoms with van der Waals surface area (Å²) in [4.78, 5) is 80.8. The van der Waals surface area contributed by atoms with Crippen LogP contribution in [0.2, 0.25) is 5.15 Å². The molecule has 604 valence electrons. The van der Waals surface area contributed by atoms with Gasteiger partial charge in [0.05, 0.1) is 51.0 Å². The molecule has 7 aliphatic heterocycles. The van der Waals surface area contributed by atoms with E-state index in [1.165, 1.54) is 81.0 Å². The van der Waals surface area contributed by atoms with Gasteiger partial charge in [0.15, 0.2) is 34.5 Å². The maximum atomic E-state index is 12.7. The minimum Gasteiger partial charge on any atom is -0.504 e. The summed E-state index contributed by atoms with van der Waals surface area (Å²) < 4.78 is 33.7. The van der Waals surface area contributed by atoms with Gasteiger partial charge in [0.25, 0.3) is 0 Å². The SMILES string of the molecule is COc1cc2ncnc(Cl)c2cc1O.COc1cc2ncnc(N3CC4CCC(C3)N4c3ncc(Cc4ccccc4)cn3)c2cc1O.COc1cc2ncnc(N3CC4CCC(C3)N4c3ncc(Cc4ccccc4)cn3)c2cc1OCC1CN(C(=O)OC(C)(C)C)CCO1.c1ccc(Cc2cnc(N3C4CCCC3CC4)nc2)cc1. The fourth-order valence-corrected chi connectivity index (χ4v) is 17.4. The Balaban J connectivity index is 0.000000128. The Morgan fingerprint density at radius 3 is 1.26 bits per heavy atom. The van der Waals surface area contributed by atoms with E-state index in [0.717, 1.165) is 134 Å². The van der Waals surface area contributed by atoms with Crippen LogP contribution in [0.15, 0.2) is 184 Å². The summed E-state index contributed by atoms with van der Waals surface area (Å²) in [6.45, 7) is 10.4. The fraction of sp³-hybridized carbons (Fsp3) is 0.382. The zero-order chi connectivity index (χ0) is 80.5. The number of hydrogen-bond acceptors (Lipinski definition) is 26. The third kappa shape index (κ3) is 18.3. The van der Waals surface area contributed by atoms with Crippen LogP contribution in [0.1, 0.15) is 112 Å². The first kappa shape index (κ1) is 78.8. The summed E-state index contributed by atoms with van der Waals surface area (Å²) in [6, 6.07) is 44.3.